The first kappa shape index (κ1) is 13.8. The lowest BCUT2D eigenvalue weighted by Crippen LogP contribution is -2.37. The van der Waals surface area contributed by atoms with Gasteiger partial charge in [-0.15, -0.1) is 0 Å². The average molecular weight is 317 g/mol. The van der Waals surface area contributed by atoms with Gasteiger partial charge in [-0.25, -0.2) is 0 Å². The van der Waals surface area contributed by atoms with E-state index in [1.54, 1.807) is 0 Å². The van der Waals surface area contributed by atoms with Gasteiger partial charge in [-0.2, -0.15) is 0 Å². The molecule has 1 N–H and O–H groups in total. The number of halogens is 1. The summed E-state index contributed by atoms with van der Waals surface area (Å²) in [6, 6.07) is 5.63. The highest BCUT2D eigenvalue weighted by atomic mass is 35.5. The molecule has 4 nitrogen and oxygen atoms in total. The van der Waals surface area contributed by atoms with Gasteiger partial charge in [0.05, 0.1) is 18.5 Å². The number of benzene rings is 1. The Hall–Kier alpha value is -1.81. The smallest absolute Gasteiger partial charge is 0.235 e. The van der Waals surface area contributed by atoms with E-state index in [0.717, 1.165) is 17.7 Å². The maximum atomic E-state index is 12.5. The minimum atomic E-state index is -0.133. The third-order valence-corrected chi connectivity index (χ3v) is 5.58. The predicted octanol–water partition coefficient (Wildman–Crippen LogP) is 2.82. The van der Waals surface area contributed by atoms with Crippen molar-refractivity contribution >= 4 is 29.1 Å². The Balaban J connectivity index is 1.49. The number of allylic oxidation sites excluding steroid dienone is 2. The van der Waals surface area contributed by atoms with Crippen LogP contribution in [0.3, 0.4) is 0 Å². The van der Waals surface area contributed by atoms with E-state index >= 15 is 0 Å². The van der Waals surface area contributed by atoms with E-state index in [0.29, 0.717) is 5.02 Å². The van der Waals surface area contributed by atoms with E-state index in [1.807, 2.05) is 25.1 Å². The van der Waals surface area contributed by atoms with Gasteiger partial charge < -0.3 is 5.32 Å². The zero-order valence-corrected chi connectivity index (χ0v) is 13.0. The Kier molecular flexibility index (Phi) is 3.05. The summed E-state index contributed by atoms with van der Waals surface area (Å²) < 4.78 is 0. The Bertz CT molecular complexity index is 670. The number of imide groups is 1. The maximum Gasteiger partial charge on any atom is 0.235 e. The van der Waals surface area contributed by atoms with Crippen molar-refractivity contribution in [2.24, 2.45) is 23.7 Å². The van der Waals surface area contributed by atoms with E-state index in [-0.39, 0.29) is 42.2 Å². The fourth-order valence-electron chi connectivity index (χ4n) is 3.99. The summed E-state index contributed by atoms with van der Waals surface area (Å²) >= 11 is 6.10. The van der Waals surface area contributed by atoms with Crippen LogP contribution in [0.4, 0.5) is 5.69 Å². The van der Waals surface area contributed by atoms with Crippen molar-refractivity contribution in [1.82, 2.24) is 4.90 Å². The van der Waals surface area contributed by atoms with E-state index in [2.05, 4.69) is 17.5 Å². The summed E-state index contributed by atoms with van der Waals surface area (Å²) in [5.74, 6) is 0.183. The van der Waals surface area contributed by atoms with Gasteiger partial charge in [0.25, 0.3) is 0 Å². The molecule has 1 heterocycles. The number of hydrogen-bond acceptors (Lipinski definition) is 3. The molecule has 0 radical (unpaired) electrons. The van der Waals surface area contributed by atoms with Crippen molar-refractivity contribution in [2.45, 2.75) is 13.3 Å². The quantitative estimate of drug-likeness (QED) is 0.689. The lowest BCUT2D eigenvalue weighted by molar-refractivity contribution is -0.140. The molecule has 0 unspecified atom stereocenters. The molecule has 1 saturated heterocycles. The summed E-state index contributed by atoms with van der Waals surface area (Å²) in [6.07, 6.45) is 5.17. The molecule has 0 spiro atoms. The van der Waals surface area contributed by atoms with Crippen LogP contribution in [0.2, 0.25) is 5.02 Å². The summed E-state index contributed by atoms with van der Waals surface area (Å²) in [4.78, 5) is 26.4. The summed E-state index contributed by atoms with van der Waals surface area (Å²) in [7, 11) is 0. The zero-order valence-electron chi connectivity index (χ0n) is 12.3. The molecule has 2 aliphatic carbocycles. The number of nitrogens with zero attached hydrogens (tertiary/aromatic N) is 1. The number of carbonyl (C=O) groups excluding carboxylic acids is 2. The normalized spacial score (nSPS) is 32.0. The van der Waals surface area contributed by atoms with Crippen molar-refractivity contribution in [1.29, 1.82) is 0 Å². The Morgan fingerprint density at radius 2 is 1.82 bits per heavy atom. The van der Waals surface area contributed by atoms with Crippen molar-refractivity contribution in [3.63, 3.8) is 0 Å². The third-order valence-electron chi connectivity index (χ3n) is 5.17. The lowest BCUT2D eigenvalue weighted by atomic mass is 9.85. The first-order valence-corrected chi connectivity index (χ1v) is 7.97. The molecule has 1 saturated carbocycles. The molecule has 2 fully saturated rings. The van der Waals surface area contributed by atoms with Gasteiger partial charge >= 0.3 is 0 Å². The summed E-state index contributed by atoms with van der Waals surface area (Å²) in [5, 5.41) is 3.80. The molecule has 4 rings (SSSR count). The van der Waals surface area contributed by atoms with Gasteiger partial charge in [0.2, 0.25) is 11.8 Å². The predicted molar refractivity (Wildman–Crippen MR) is 84.2 cm³/mol. The van der Waals surface area contributed by atoms with Crippen LogP contribution in [-0.4, -0.2) is 23.4 Å². The highest BCUT2D eigenvalue weighted by Crippen LogP contribution is 2.52. The second kappa shape index (κ2) is 4.85. The monoisotopic (exact) mass is 316 g/mol. The van der Waals surface area contributed by atoms with Crippen molar-refractivity contribution in [3.05, 3.63) is 40.9 Å². The van der Waals surface area contributed by atoms with Crippen LogP contribution in [0.15, 0.2) is 30.4 Å². The number of fused-ring (bicyclic) bond motifs is 5. The fourth-order valence-corrected chi connectivity index (χ4v) is 4.17. The Morgan fingerprint density at radius 1 is 1.18 bits per heavy atom. The molecule has 22 heavy (non-hydrogen) atoms. The number of rotatable bonds is 3. The minimum absolute atomic E-state index is 0.0300. The first-order chi connectivity index (χ1) is 10.6. The van der Waals surface area contributed by atoms with Gasteiger partial charge in [0.15, 0.2) is 0 Å². The SMILES string of the molecule is Cc1ccc(NCN2C(=O)[C@@H]3[C@@H](C2=O)[C@H]2C=C[C@H]3C2)cc1Cl. The van der Waals surface area contributed by atoms with Gasteiger partial charge in [-0.1, -0.05) is 29.8 Å². The second-order valence-electron chi connectivity index (χ2n) is 6.40. The molecule has 4 atom stereocenters. The lowest BCUT2D eigenvalue weighted by Gasteiger charge is -2.18. The second-order valence-corrected chi connectivity index (χ2v) is 6.81. The molecule has 114 valence electrons. The maximum absolute atomic E-state index is 12.5. The van der Waals surface area contributed by atoms with Gasteiger partial charge in [0.1, 0.15) is 0 Å². The number of aryl methyl sites for hydroxylation is 1. The summed E-state index contributed by atoms with van der Waals surface area (Å²) in [6.45, 7) is 2.15. The summed E-state index contributed by atoms with van der Waals surface area (Å²) in [5.41, 5.74) is 1.81. The topological polar surface area (TPSA) is 49.4 Å². The molecular formula is C17H17ClN2O2. The number of amides is 2. The van der Waals surface area contributed by atoms with Crippen LogP contribution in [0, 0.1) is 30.6 Å². The number of anilines is 1. The molecule has 3 aliphatic rings. The average Bonchev–Trinajstić information content (AvgIpc) is 3.16. The molecule has 5 heteroatoms. The molecule has 1 aliphatic heterocycles. The van der Waals surface area contributed by atoms with E-state index < -0.39 is 0 Å². The molecule has 1 aromatic rings. The van der Waals surface area contributed by atoms with Crippen molar-refractivity contribution in [2.75, 3.05) is 12.0 Å². The molecule has 1 aromatic carbocycles. The number of hydrogen-bond donors (Lipinski definition) is 1. The fraction of sp³-hybridized carbons (Fsp3) is 0.412. The van der Waals surface area contributed by atoms with Gasteiger partial charge in [0, 0.05) is 10.7 Å². The highest BCUT2D eigenvalue weighted by Gasteiger charge is 2.59. The van der Waals surface area contributed by atoms with Crippen molar-refractivity contribution < 1.29 is 9.59 Å². The van der Waals surface area contributed by atoms with Crippen LogP contribution >= 0.6 is 11.6 Å². The molecule has 2 amide bonds. The van der Waals surface area contributed by atoms with E-state index in [9.17, 15) is 9.59 Å². The van der Waals surface area contributed by atoms with Crippen LogP contribution < -0.4 is 5.32 Å². The number of nitrogens with one attached hydrogen (secondary N) is 1. The Labute approximate surface area is 134 Å². The third kappa shape index (κ3) is 1.90. The largest absolute Gasteiger partial charge is 0.367 e. The van der Waals surface area contributed by atoms with Crippen molar-refractivity contribution in [3.8, 4) is 0 Å². The van der Waals surface area contributed by atoms with Crippen LogP contribution in [-0.2, 0) is 9.59 Å². The number of likely N-dealkylation sites (tertiary alicyclic amines) is 1. The van der Waals surface area contributed by atoms with Crippen LogP contribution in [0.1, 0.15) is 12.0 Å². The van der Waals surface area contributed by atoms with Crippen LogP contribution in [0.25, 0.3) is 0 Å². The van der Waals surface area contributed by atoms with E-state index in [1.165, 1.54) is 4.90 Å². The Morgan fingerprint density at radius 3 is 2.41 bits per heavy atom. The molecule has 0 aromatic heterocycles. The number of carbonyl (C=O) groups is 2. The van der Waals surface area contributed by atoms with Gasteiger partial charge in [-0.3, -0.25) is 14.5 Å². The van der Waals surface area contributed by atoms with E-state index in [4.69, 9.17) is 11.6 Å². The molecule has 2 bridgehead atoms. The highest BCUT2D eigenvalue weighted by molar-refractivity contribution is 6.31. The van der Waals surface area contributed by atoms with Gasteiger partial charge in [-0.05, 0) is 42.9 Å². The molecular weight excluding hydrogens is 300 g/mol. The zero-order chi connectivity index (χ0) is 15.4. The first-order valence-electron chi connectivity index (χ1n) is 7.60. The van der Waals surface area contributed by atoms with Crippen LogP contribution in [0.5, 0.6) is 0 Å². The minimum Gasteiger partial charge on any atom is -0.367 e. The standard InChI is InChI=1S/C17H17ClN2O2/c1-9-2-5-12(7-13(9)18)19-8-20-16(21)14-10-3-4-11(6-10)15(14)17(20)22/h2-5,7,10-11,14-15,19H,6,8H2,1H3/t10-,11-,14-,15-/m0/s1.